The molecule has 22 heavy (non-hydrogen) atoms. The molecule has 1 aromatic carbocycles. The highest BCUT2D eigenvalue weighted by atomic mass is 32.1. The maximum atomic E-state index is 12.2. The summed E-state index contributed by atoms with van der Waals surface area (Å²) >= 11 is 5.31. The van der Waals surface area contributed by atoms with Crippen molar-refractivity contribution in [1.82, 2.24) is 0 Å². The molecule has 6 nitrogen and oxygen atoms in total. The molecule has 2 rings (SSSR count). The van der Waals surface area contributed by atoms with E-state index in [1.807, 2.05) is 0 Å². The second kappa shape index (κ2) is 6.62. The summed E-state index contributed by atoms with van der Waals surface area (Å²) in [5, 5.41) is 10.8. The van der Waals surface area contributed by atoms with Gasteiger partial charge in [-0.05, 0) is 18.6 Å². The summed E-state index contributed by atoms with van der Waals surface area (Å²) in [6.45, 7) is 1.72. The smallest absolute Gasteiger partial charge is 0.321 e. The molecular weight excluding hydrogens is 325 g/mol. The van der Waals surface area contributed by atoms with E-state index in [4.69, 9.17) is 16.7 Å². The van der Waals surface area contributed by atoms with E-state index in [1.54, 1.807) is 31.2 Å². The number of hydrogen-bond acceptors (Lipinski definition) is 5. The van der Waals surface area contributed by atoms with Gasteiger partial charge in [0.25, 0.3) is 5.69 Å². The molecule has 2 atom stereocenters. The minimum Gasteiger partial charge on any atom is -0.321 e. The average molecular weight is 339 g/mol. The molecule has 1 aromatic rings. The molecule has 8 heteroatoms. The van der Waals surface area contributed by atoms with Crippen LogP contribution in [-0.2, 0) is 9.09 Å². The first-order valence-electron chi connectivity index (χ1n) is 6.51. The molecule has 0 bridgehead atoms. The summed E-state index contributed by atoms with van der Waals surface area (Å²) in [4.78, 5) is 20.4. The van der Waals surface area contributed by atoms with Crippen molar-refractivity contribution in [1.29, 1.82) is 0 Å². The van der Waals surface area contributed by atoms with Crippen molar-refractivity contribution in [2.75, 3.05) is 6.61 Å². The predicted molar refractivity (Wildman–Crippen MR) is 87.1 cm³/mol. The third-order valence-electron chi connectivity index (χ3n) is 3.16. The van der Waals surface area contributed by atoms with E-state index in [9.17, 15) is 19.6 Å². The van der Waals surface area contributed by atoms with Crippen molar-refractivity contribution in [2.24, 2.45) is 0 Å². The molecule has 116 valence electrons. The Morgan fingerprint density at radius 1 is 1.41 bits per heavy atom. The minimum absolute atomic E-state index is 0.0210. The van der Waals surface area contributed by atoms with Crippen LogP contribution in [0, 0.1) is 10.1 Å². The maximum Gasteiger partial charge on any atom is 0.359 e. The first-order valence-corrected chi connectivity index (χ1v) is 8.50. The number of hydrogen-bond donors (Lipinski definition) is 1. The lowest BCUT2D eigenvalue weighted by molar-refractivity contribution is -0.384. The fourth-order valence-corrected chi connectivity index (χ4v) is 3.94. The Bertz CT molecular complexity index is 710. The Morgan fingerprint density at radius 3 is 2.59 bits per heavy atom. The number of non-ortho nitro benzene ring substituents is 1. The number of nitrogens with zero attached hydrogens (tertiary/aromatic N) is 1. The number of allylic oxidation sites excluding steroid dienone is 4. The zero-order valence-corrected chi connectivity index (χ0v) is 13.4. The zero-order valence-electron chi connectivity index (χ0n) is 11.7. The molecule has 1 aliphatic carbocycles. The number of nitro groups is 1. The fourth-order valence-electron chi connectivity index (χ4n) is 2.13. The van der Waals surface area contributed by atoms with Crippen LogP contribution in [0.15, 0.2) is 47.8 Å². The summed E-state index contributed by atoms with van der Waals surface area (Å²) in [6.07, 6.45) is 4.89. The fraction of sp³-hybridized carbons (Fsp3) is 0.214. The van der Waals surface area contributed by atoms with Crippen molar-refractivity contribution >= 4 is 30.4 Å². The van der Waals surface area contributed by atoms with E-state index in [-0.39, 0.29) is 22.5 Å². The molecular formula is C14H14NO5PS. The van der Waals surface area contributed by atoms with E-state index in [2.05, 4.69) is 0 Å². The Hall–Kier alpha value is -1.66. The van der Waals surface area contributed by atoms with Gasteiger partial charge in [0.1, 0.15) is 0 Å². The first kappa shape index (κ1) is 16.7. The van der Waals surface area contributed by atoms with E-state index in [0.717, 1.165) is 0 Å². The van der Waals surface area contributed by atoms with Crippen molar-refractivity contribution in [3.63, 3.8) is 0 Å². The molecule has 0 radical (unpaired) electrons. The summed E-state index contributed by atoms with van der Waals surface area (Å²) < 4.78 is 17.1. The van der Waals surface area contributed by atoms with Gasteiger partial charge < -0.3 is 9.42 Å². The molecule has 0 amide bonds. The number of nitro benzene ring substituents is 1. The van der Waals surface area contributed by atoms with E-state index in [1.165, 1.54) is 18.2 Å². The topological polar surface area (TPSA) is 89.7 Å². The normalized spacial score (nSPS) is 20.4. The van der Waals surface area contributed by atoms with Gasteiger partial charge >= 0.3 is 7.60 Å². The van der Waals surface area contributed by atoms with Gasteiger partial charge in [0, 0.05) is 22.9 Å². The largest absolute Gasteiger partial charge is 0.359 e. The number of benzene rings is 1. The minimum atomic E-state index is -3.95. The third-order valence-corrected chi connectivity index (χ3v) is 5.40. The van der Waals surface area contributed by atoms with Crippen molar-refractivity contribution in [3.05, 3.63) is 63.5 Å². The second-order valence-electron chi connectivity index (χ2n) is 4.57. The number of thiocarbonyl (C=S) groups is 1. The SMILES string of the molecule is CCOP(=O)(O)C1=CC=CC(c2ccc([N+](=O)[O-])cc2)C1=S. The third kappa shape index (κ3) is 3.39. The highest BCUT2D eigenvalue weighted by molar-refractivity contribution is 7.82. The number of rotatable bonds is 5. The molecule has 1 N–H and O–H groups in total. The van der Waals surface area contributed by atoms with Crippen LogP contribution < -0.4 is 0 Å². The Kier molecular flexibility index (Phi) is 5.03. The average Bonchev–Trinajstić information content (AvgIpc) is 2.47. The van der Waals surface area contributed by atoms with Gasteiger partial charge in [-0.3, -0.25) is 14.7 Å². The van der Waals surface area contributed by atoms with Gasteiger partial charge in [0.05, 0.1) is 16.8 Å². The Morgan fingerprint density at radius 2 is 2.05 bits per heavy atom. The zero-order chi connectivity index (χ0) is 16.3. The van der Waals surface area contributed by atoms with Gasteiger partial charge in [0.2, 0.25) is 0 Å². The van der Waals surface area contributed by atoms with Gasteiger partial charge in [-0.2, -0.15) is 0 Å². The lowest BCUT2D eigenvalue weighted by Crippen LogP contribution is -2.14. The molecule has 0 fully saturated rings. The monoisotopic (exact) mass is 339 g/mol. The van der Waals surface area contributed by atoms with Gasteiger partial charge in [0.15, 0.2) is 0 Å². The molecule has 0 saturated carbocycles. The van der Waals surface area contributed by atoms with E-state index < -0.39 is 18.4 Å². The van der Waals surface area contributed by atoms with Crippen molar-refractivity contribution in [2.45, 2.75) is 12.8 Å². The second-order valence-corrected chi connectivity index (χ2v) is 6.79. The maximum absolute atomic E-state index is 12.2. The molecule has 0 spiro atoms. The lowest BCUT2D eigenvalue weighted by Gasteiger charge is -2.23. The highest BCUT2D eigenvalue weighted by Gasteiger charge is 2.33. The molecule has 2 unspecified atom stereocenters. The van der Waals surface area contributed by atoms with Crippen LogP contribution in [-0.4, -0.2) is 21.3 Å². The summed E-state index contributed by atoms with van der Waals surface area (Å²) in [5.74, 6) is -0.392. The first-order chi connectivity index (χ1) is 10.4. The van der Waals surface area contributed by atoms with Crippen LogP contribution in [0.25, 0.3) is 0 Å². The summed E-state index contributed by atoms with van der Waals surface area (Å²) in [7, 11) is -3.95. The van der Waals surface area contributed by atoms with Crippen LogP contribution in [0.3, 0.4) is 0 Å². The predicted octanol–water partition coefficient (Wildman–Crippen LogP) is 3.72. The van der Waals surface area contributed by atoms with E-state index >= 15 is 0 Å². The molecule has 0 saturated heterocycles. The summed E-state index contributed by atoms with van der Waals surface area (Å²) in [5.41, 5.74) is 0.696. The summed E-state index contributed by atoms with van der Waals surface area (Å²) in [6, 6.07) is 5.94. The molecule has 1 aliphatic rings. The molecule has 0 heterocycles. The quantitative estimate of drug-likeness (QED) is 0.380. The Balaban J connectivity index is 2.30. The molecule has 0 aromatic heterocycles. The highest BCUT2D eigenvalue weighted by Crippen LogP contribution is 2.54. The van der Waals surface area contributed by atoms with Crippen LogP contribution in [0.2, 0.25) is 0 Å². The van der Waals surface area contributed by atoms with Gasteiger partial charge in [-0.15, -0.1) is 0 Å². The van der Waals surface area contributed by atoms with Gasteiger partial charge in [-0.1, -0.05) is 36.5 Å². The van der Waals surface area contributed by atoms with Crippen molar-refractivity contribution < 1.29 is 18.9 Å². The van der Waals surface area contributed by atoms with Crippen molar-refractivity contribution in [3.8, 4) is 0 Å². The lowest BCUT2D eigenvalue weighted by atomic mass is 9.92. The van der Waals surface area contributed by atoms with Gasteiger partial charge in [-0.25, -0.2) is 0 Å². The van der Waals surface area contributed by atoms with Crippen LogP contribution in [0.4, 0.5) is 5.69 Å². The van der Waals surface area contributed by atoms with Crippen LogP contribution in [0.1, 0.15) is 18.4 Å². The standard InChI is InChI=1S/C14H14NO5PS/c1-2-20-21(18,19)13-5-3-4-12(14(13)22)10-6-8-11(9-7-10)15(16)17/h3-9,12H,2H2,1H3,(H,18,19). The van der Waals surface area contributed by atoms with Crippen LogP contribution >= 0.6 is 19.8 Å². The van der Waals surface area contributed by atoms with Crippen LogP contribution in [0.5, 0.6) is 0 Å². The van der Waals surface area contributed by atoms with E-state index in [0.29, 0.717) is 5.56 Å². The molecule has 0 aliphatic heterocycles. The Labute approximate surface area is 132 Å².